The van der Waals surface area contributed by atoms with Crippen LogP contribution >= 0.6 is 0 Å². The molecule has 0 spiro atoms. The highest BCUT2D eigenvalue weighted by Gasteiger charge is 2.75. The fourth-order valence-electron chi connectivity index (χ4n) is 2.76. The number of aliphatic hydroxyl groups excluding tert-OH is 2. The molecule has 0 aromatic rings. The second-order valence-electron chi connectivity index (χ2n) is 6.24. The maximum absolute atomic E-state index is 12.2. The zero-order valence-electron chi connectivity index (χ0n) is 15.3. The summed E-state index contributed by atoms with van der Waals surface area (Å²) >= 11 is 0. The Bertz CT molecular complexity index is 711. The van der Waals surface area contributed by atoms with Gasteiger partial charge in [-0.2, -0.15) is 0 Å². The quantitative estimate of drug-likeness (QED) is 0.182. The molecule has 0 saturated carbocycles. The van der Waals surface area contributed by atoms with Gasteiger partial charge < -0.3 is 25.5 Å². The molecule has 11 heteroatoms. The van der Waals surface area contributed by atoms with Crippen molar-refractivity contribution in [3.63, 3.8) is 0 Å². The molecular formula is C16H22O11. The number of hydrogen-bond donors (Lipinski definition) is 5. The second-order valence-corrected chi connectivity index (χ2v) is 6.24. The van der Waals surface area contributed by atoms with E-state index in [-0.39, 0.29) is 0 Å². The number of hydrogen-bond acceptors (Lipinski definition) is 11. The maximum atomic E-state index is 12.2. The highest BCUT2D eigenvalue weighted by atomic mass is 16.4. The Labute approximate surface area is 153 Å². The molecule has 0 aromatic heterocycles. The van der Waals surface area contributed by atoms with Crippen LogP contribution in [0.2, 0.25) is 0 Å². The minimum absolute atomic E-state index is 0.447. The molecule has 152 valence electrons. The average Bonchev–Trinajstić information content (AvgIpc) is 2.56. The lowest BCUT2D eigenvalue weighted by atomic mass is 9.60. The standard InChI is InChI=1S/C16H22O11/c1-6(17)11(22)13(24)15(26,9(4)20)16(27,10(5)21)14(25,8(3)19)12(23)7(2)18/h11,13,22,24-27H,1-5H3. The molecule has 5 atom stereocenters. The van der Waals surface area contributed by atoms with Gasteiger partial charge in [-0.25, -0.2) is 0 Å². The van der Waals surface area contributed by atoms with E-state index in [9.17, 15) is 54.3 Å². The van der Waals surface area contributed by atoms with Crippen molar-refractivity contribution < 1.29 is 54.3 Å². The van der Waals surface area contributed by atoms with Crippen molar-refractivity contribution in [2.45, 2.75) is 63.6 Å². The summed E-state index contributed by atoms with van der Waals surface area (Å²) in [6.45, 7) is 2.71. The Morgan fingerprint density at radius 1 is 0.704 bits per heavy atom. The van der Waals surface area contributed by atoms with Crippen LogP contribution in [0.3, 0.4) is 0 Å². The molecule has 5 N–H and O–H groups in total. The molecule has 0 saturated heterocycles. The van der Waals surface area contributed by atoms with Gasteiger partial charge in [-0.3, -0.25) is 28.8 Å². The summed E-state index contributed by atoms with van der Waals surface area (Å²) in [5, 5.41) is 52.0. The third-order valence-corrected chi connectivity index (χ3v) is 4.42. The predicted molar refractivity (Wildman–Crippen MR) is 85.3 cm³/mol. The predicted octanol–water partition coefficient (Wildman–Crippen LogP) is -3.58. The van der Waals surface area contributed by atoms with Gasteiger partial charge in [-0.1, -0.05) is 0 Å². The van der Waals surface area contributed by atoms with Crippen molar-refractivity contribution in [1.82, 2.24) is 0 Å². The van der Waals surface area contributed by atoms with Crippen molar-refractivity contribution in [3.8, 4) is 0 Å². The summed E-state index contributed by atoms with van der Waals surface area (Å²) in [5.74, 6) is -10.00. The van der Waals surface area contributed by atoms with Gasteiger partial charge in [0.1, 0.15) is 12.2 Å². The summed E-state index contributed by atoms with van der Waals surface area (Å²) in [4.78, 5) is 71.2. The van der Waals surface area contributed by atoms with Crippen LogP contribution in [0.25, 0.3) is 0 Å². The van der Waals surface area contributed by atoms with E-state index in [0.29, 0.717) is 27.7 Å². The number of Topliss-reactive ketones (excluding diaryl/α,β-unsaturated/α-hetero) is 6. The molecule has 0 fully saturated rings. The summed E-state index contributed by atoms with van der Waals surface area (Å²) in [7, 11) is 0. The van der Waals surface area contributed by atoms with Gasteiger partial charge in [0.2, 0.25) is 17.0 Å². The first kappa shape index (κ1) is 24.8. The summed E-state index contributed by atoms with van der Waals surface area (Å²) in [6, 6.07) is 0. The van der Waals surface area contributed by atoms with Gasteiger partial charge in [0.25, 0.3) is 0 Å². The van der Waals surface area contributed by atoms with Gasteiger partial charge in [0.05, 0.1) is 0 Å². The first-order chi connectivity index (χ1) is 11.9. The van der Waals surface area contributed by atoms with E-state index >= 15 is 0 Å². The molecule has 0 radical (unpaired) electrons. The van der Waals surface area contributed by atoms with Crippen molar-refractivity contribution in [2.24, 2.45) is 0 Å². The molecule has 0 aliphatic heterocycles. The molecule has 0 aliphatic carbocycles. The van der Waals surface area contributed by atoms with E-state index in [4.69, 9.17) is 0 Å². The van der Waals surface area contributed by atoms with Crippen molar-refractivity contribution in [2.75, 3.05) is 0 Å². The first-order valence-electron chi connectivity index (χ1n) is 7.57. The topological polar surface area (TPSA) is 204 Å². The smallest absolute Gasteiger partial charge is 0.240 e. The van der Waals surface area contributed by atoms with Gasteiger partial charge in [-0.05, 0) is 27.7 Å². The number of carbonyl (C=O) groups is 6. The highest BCUT2D eigenvalue weighted by Crippen LogP contribution is 2.40. The van der Waals surface area contributed by atoms with Crippen molar-refractivity contribution >= 4 is 34.7 Å². The zero-order chi connectivity index (χ0) is 22.1. The molecule has 27 heavy (non-hydrogen) atoms. The summed E-state index contributed by atoms with van der Waals surface area (Å²) in [6.07, 6.45) is -5.51. The Balaban J connectivity index is 7.28. The van der Waals surface area contributed by atoms with E-state index in [0.717, 1.165) is 6.92 Å². The van der Waals surface area contributed by atoms with Crippen LogP contribution in [0.15, 0.2) is 0 Å². The molecule has 0 aromatic carbocycles. The lowest BCUT2D eigenvalue weighted by Gasteiger charge is -2.49. The highest BCUT2D eigenvalue weighted by molar-refractivity contribution is 6.45. The summed E-state index contributed by atoms with van der Waals surface area (Å²) in [5.41, 5.74) is -12.0. The van der Waals surface area contributed by atoms with E-state index in [2.05, 4.69) is 0 Å². The van der Waals surface area contributed by atoms with Gasteiger partial charge >= 0.3 is 0 Å². The van der Waals surface area contributed by atoms with Crippen LogP contribution in [-0.4, -0.2) is 89.2 Å². The van der Waals surface area contributed by atoms with Gasteiger partial charge in [0.15, 0.2) is 34.5 Å². The van der Waals surface area contributed by atoms with Crippen LogP contribution in [0.1, 0.15) is 34.6 Å². The zero-order valence-corrected chi connectivity index (χ0v) is 15.3. The minimum atomic E-state index is -4.11. The second kappa shape index (κ2) is 7.82. The molecule has 0 amide bonds. The van der Waals surface area contributed by atoms with Crippen molar-refractivity contribution in [3.05, 3.63) is 0 Å². The third kappa shape index (κ3) is 3.39. The monoisotopic (exact) mass is 390 g/mol. The van der Waals surface area contributed by atoms with Crippen LogP contribution in [-0.2, 0) is 28.8 Å². The van der Waals surface area contributed by atoms with Gasteiger partial charge in [-0.15, -0.1) is 0 Å². The Kier molecular flexibility index (Phi) is 7.19. The van der Waals surface area contributed by atoms with E-state index in [1.165, 1.54) is 0 Å². The molecular weight excluding hydrogens is 368 g/mol. The van der Waals surface area contributed by atoms with Crippen LogP contribution < -0.4 is 0 Å². The van der Waals surface area contributed by atoms with Gasteiger partial charge in [0, 0.05) is 6.92 Å². The maximum Gasteiger partial charge on any atom is 0.240 e. The molecule has 0 aliphatic rings. The summed E-state index contributed by atoms with van der Waals surface area (Å²) < 4.78 is 0. The molecule has 0 bridgehead atoms. The van der Waals surface area contributed by atoms with Crippen molar-refractivity contribution in [1.29, 1.82) is 0 Å². The Morgan fingerprint density at radius 2 is 1.11 bits per heavy atom. The van der Waals surface area contributed by atoms with Crippen LogP contribution in [0.4, 0.5) is 0 Å². The Morgan fingerprint density at radius 3 is 1.33 bits per heavy atom. The van der Waals surface area contributed by atoms with E-state index in [1.54, 1.807) is 0 Å². The fraction of sp³-hybridized carbons (Fsp3) is 0.625. The molecule has 11 nitrogen and oxygen atoms in total. The largest absolute Gasteiger partial charge is 0.386 e. The fourth-order valence-corrected chi connectivity index (χ4v) is 2.76. The number of carbonyl (C=O) groups excluding carboxylic acids is 6. The SMILES string of the molecule is CC(=O)C(=O)C(O)(C(C)=O)C(O)(C(C)=O)C(O)(C(C)=O)C(O)C(O)C(C)=O. The minimum Gasteiger partial charge on any atom is -0.386 e. The lowest BCUT2D eigenvalue weighted by molar-refractivity contribution is -0.250. The van der Waals surface area contributed by atoms with E-state index < -0.39 is 63.7 Å². The lowest BCUT2D eigenvalue weighted by Crippen LogP contribution is -2.82. The Hall–Kier alpha value is -2.18. The molecule has 0 rings (SSSR count). The van der Waals surface area contributed by atoms with Crippen LogP contribution in [0, 0.1) is 0 Å². The number of ketones is 6. The van der Waals surface area contributed by atoms with E-state index in [1.807, 2.05) is 0 Å². The molecule has 0 heterocycles. The number of rotatable bonds is 10. The normalized spacial score (nSPS) is 20.2. The van der Waals surface area contributed by atoms with Crippen LogP contribution in [0.5, 0.6) is 0 Å². The third-order valence-electron chi connectivity index (χ3n) is 4.42. The number of aliphatic hydroxyl groups is 5. The first-order valence-corrected chi connectivity index (χ1v) is 7.57. The average molecular weight is 390 g/mol. The molecule has 5 unspecified atom stereocenters.